The lowest BCUT2D eigenvalue weighted by Crippen LogP contribution is -2.27. The summed E-state index contributed by atoms with van der Waals surface area (Å²) < 4.78 is 9.11. The van der Waals surface area contributed by atoms with E-state index in [4.69, 9.17) is 4.74 Å². The summed E-state index contributed by atoms with van der Waals surface area (Å²) in [6.07, 6.45) is 1.76. The molecule has 0 aromatic heterocycles. The zero-order valence-corrected chi connectivity index (χ0v) is 12.0. The minimum Gasteiger partial charge on any atom is -0.446 e. The Hall–Kier alpha value is -1.27. The van der Waals surface area contributed by atoms with E-state index < -0.39 is 11.9 Å². The van der Waals surface area contributed by atoms with Crippen LogP contribution in [-0.4, -0.2) is 25.2 Å². The molecule has 0 bridgehead atoms. The lowest BCUT2D eigenvalue weighted by atomic mass is 10.1. The molecule has 0 aromatic rings. The molecule has 0 heterocycles. The van der Waals surface area contributed by atoms with E-state index in [1.807, 2.05) is 27.7 Å². The summed E-state index contributed by atoms with van der Waals surface area (Å²) in [6.45, 7) is 7.34. The number of allylic oxidation sites excluding steroid dienone is 2. The molecule has 0 aliphatic rings. The van der Waals surface area contributed by atoms with Crippen molar-refractivity contribution in [1.29, 1.82) is 0 Å². The maximum atomic E-state index is 11.7. The summed E-state index contributed by atoms with van der Waals surface area (Å²) in [6, 6.07) is 0. The van der Waals surface area contributed by atoms with Crippen molar-refractivity contribution in [3.63, 3.8) is 0 Å². The Balaban J connectivity index is 4.27. The quantitative estimate of drug-likeness (QED) is 0.147. The zero-order chi connectivity index (χ0) is 14.1. The predicted molar refractivity (Wildman–Crippen MR) is 71.8 cm³/mol. The predicted octanol–water partition coefficient (Wildman–Crippen LogP) is 1.77. The van der Waals surface area contributed by atoms with Gasteiger partial charge in [0.1, 0.15) is 6.73 Å². The Morgan fingerprint density at radius 3 is 2.28 bits per heavy atom. The molecule has 0 amide bonds. The Morgan fingerprint density at radius 2 is 1.83 bits per heavy atom. The molecule has 0 fully saturated rings. The van der Waals surface area contributed by atoms with Gasteiger partial charge in [0.25, 0.3) is 0 Å². The van der Waals surface area contributed by atoms with Crippen molar-refractivity contribution in [2.45, 2.75) is 27.7 Å². The topological polar surface area (TPSA) is 64.6 Å². The smallest absolute Gasteiger partial charge is 0.339 e. The minimum atomic E-state index is -0.541. The van der Waals surface area contributed by atoms with E-state index in [1.165, 1.54) is 0 Å². The van der Waals surface area contributed by atoms with E-state index in [1.54, 1.807) is 6.08 Å². The number of hydrogen-bond donors (Lipinski definition) is 2. The molecule has 18 heavy (non-hydrogen) atoms. The van der Waals surface area contributed by atoms with Crippen LogP contribution in [-0.2, 0) is 18.5 Å². The second kappa shape index (κ2) is 8.77. The van der Waals surface area contributed by atoms with Gasteiger partial charge < -0.3 is 8.92 Å². The Bertz CT molecular complexity index is 366. The maximum absolute atomic E-state index is 11.7. The normalized spacial score (nSPS) is 9.39. The number of rotatable bonds is 6. The Labute approximate surface area is 113 Å². The molecule has 0 aliphatic heterocycles. The molecule has 0 unspecified atom stereocenters. The summed E-state index contributed by atoms with van der Waals surface area (Å²) >= 11 is 3.34. The first kappa shape index (κ1) is 16.7. The van der Waals surface area contributed by atoms with Gasteiger partial charge >= 0.3 is 11.9 Å². The van der Waals surface area contributed by atoms with E-state index in [-0.39, 0.29) is 13.3 Å². The molecule has 5 nitrogen and oxygen atoms in total. The zero-order valence-electron chi connectivity index (χ0n) is 11.1. The fourth-order valence-electron chi connectivity index (χ4n) is 1.08. The molecule has 0 atom stereocenters. The van der Waals surface area contributed by atoms with Crippen LogP contribution in [0.15, 0.2) is 22.8 Å². The lowest BCUT2D eigenvalue weighted by Gasteiger charge is -2.08. The SMILES string of the molecule is CC(C)=CC(C(=O)OCNCC(=O)OS)=C(C)C. The van der Waals surface area contributed by atoms with Crippen LogP contribution in [0.1, 0.15) is 27.7 Å². The molecule has 0 aliphatic carbocycles. The van der Waals surface area contributed by atoms with Crippen molar-refractivity contribution in [2.24, 2.45) is 0 Å². The summed E-state index contributed by atoms with van der Waals surface area (Å²) in [5.74, 6) is -0.968. The van der Waals surface area contributed by atoms with Gasteiger partial charge in [0.05, 0.1) is 12.1 Å². The van der Waals surface area contributed by atoms with Gasteiger partial charge in [0.15, 0.2) is 0 Å². The average Bonchev–Trinajstić information content (AvgIpc) is 2.30. The van der Waals surface area contributed by atoms with Crippen LogP contribution in [0.4, 0.5) is 0 Å². The van der Waals surface area contributed by atoms with Crippen LogP contribution in [0.25, 0.3) is 0 Å². The van der Waals surface area contributed by atoms with E-state index in [9.17, 15) is 9.59 Å². The average molecular weight is 273 g/mol. The van der Waals surface area contributed by atoms with Crippen molar-refractivity contribution in [3.8, 4) is 0 Å². The van der Waals surface area contributed by atoms with Crippen LogP contribution in [0.5, 0.6) is 0 Å². The van der Waals surface area contributed by atoms with Gasteiger partial charge in [-0.3, -0.25) is 5.32 Å². The van der Waals surface area contributed by atoms with Crippen LogP contribution in [0.2, 0.25) is 0 Å². The van der Waals surface area contributed by atoms with Crippen molar-refractivity contribution < 1.29 is 18.5 Å². The molecule has 1 N–H and O–H groups in total. The molecule has 0 spiro atoms. The van der Waals surface area contributed by atoms with Crippen molar-refractivity contribution in [3.05, 3.63) is 22.8 Å². The fraction of sp³-hybridized carbons (Fsp3) is 0.500. The molecule has 0 aromatic carbocycles. The summed E-state index contributed by atoms with van der Waals surface area (Å²) in [5.41, 5.74) is 2.40. The largest absolute Gasteiger partial charge is 0.446 e. The van der Waals surface area contributed by atoms with Gasteiger partial charge in [-0.05, 0) is 33.8 Å². The van der Waals surface area contributed by atoms with Gasteiger partial charge in [-0.15, -0.1) is 0 Å². The summed E-state index contributed by atoms with van der Waals surface area (Å²) in [7, 11) is 0. The summed E-state index contributed by atoms with van der Waals surface area (Å²) in [4.78, 5) is 22.5. The molecule has 0 rings (SSSR count). The highest BCUT2D eigenvalue weighted by molar-refractivity contribution is 7.75. The van der Waals surface area contributed by atoms with E-state index in [0.717, 1.165) is 11.1 Å². The monoisotopic (exact) mass is 273 g/mol. The number of ether oxygens (including phenoxy) is 1. The second-order valence-electron chi connectivity index (χ2n) is 4.10. The second-order valence-corrected chi connectivity index (χ2v) is 4.28. The minimum absolute atomic E-state index is 0.0604. The van der Waals surface area contributed by atoms with Crippen LogP contribution >= 0.6 is 12.9 Å². The van der Waals surface area contributed by atoms with Crippen LogP contribution < -0.4 is 5.32 Å². The first-order valence-electron chi connectivity index (χ1n) is 5.43. The van der Waals surface area contributed by atoms with Crippen molar-refractivity contribution in [2.75, 3.05) is 13.3 Å². The first-order chi connectivity index (χ1) is 8.38. The highest BCUT2D eigenvalue weighted by Crippen LogP contribution is 2.10. The molecule has 6 heteroatoms. The molecular weight excluding hydrogens is 254 g/mol. The number of hydrogen-bond acceptors (Lipinski definition) is 6. The summed E-state index contributed by atoms with van der Waals surface area (Å²) in [5, 5.41) is 2.60. The third-order valence-corrected chi connectivity index (χ3v) is 2.07. The number of esters is 1. The van der Waals surface area contributed by atoms with Crippen molar-refractivity contribution >= 4 is 24.8 Å². The van der Waals surface area contributed by atoms with Gasteiger partial charge in [0.2, 0.25) is 0 Å². The highest BCUT2D eigenvalue weighted by Gasteiger charge is 2.10. The fourth-order valence-corrected chi connectivity index (χ4v) is 1.14. The van der Waals surface area contributed by atoms with Crippen LogP contribution in [0, 0.1) is 0 Å². The number of carbonyl (C=O) groups is 2. The highest BCUT2D eigenvalue weighted by atomic mass is 32.1. The molecule has 0 saturated carbocycles. The Kier molecular flexibility index (Phi) is 8.15. The van der Waals surface area contributed by atoms with Gasteiger partial charge in [-0.1, -0.05) is 11.1 Å². The Morgan fingerprint density at radius 1 is 1.22 bits per heavy atom. The van der Waals surface area contributed by atoms with Gasteiger partial charge in [-0.25, -0.2) is 9.59 Å². The lowest BCUT2D eigenvalue weighted by molar-refractivity contribution is -0.141. The molecule has 102 valence electrons. The van der Waals surface area contributed by atoms with Crippen molar-refractivity contribution in [1.82, 2.24) is 5.32 Å². The van der Waals surface area contributed by atoms with E-state index in [0.29, 0.717) is 5.57 Å². The van der Waals surface area contributed by atoms with E-state index >= 15 is 0 Å². The molecule has 0 radical (unpaired) electrons. The third-order valence-electron chi connectivity index (χ3n) is 1.87. The number of thiol groups is 1. The third kappa shape index (κ3) is 7.13. The van der Waals surface area contributed by atoms with Gasteiger partial charge in [0, 0.05) is 12.9 Å². The molecular formula is C12H19NO4S. The van der Waals surface area contributed by atoms with Gasteiger partial charge in [-0.2, -0.15) is 0 Å². The van der Waals surface area contributed by atoms with E-state index in [2.05, 4.69) is 22.4 Å². The van der Waals surface area contributed by atoms with Crippen LogP contribution in [0.3, 0.4) is 0 Å². The number of carbonyl (C=O) groups excluding carboxylic acids is 2. The first-order valence-corrected chi connectivity index (χ1v) is 5.79. The standard InChI is InChI=1S/C12H19NO4S/c1-8(2)5-10(9(3)4)12(15)16-7-13-6-11(14)17-18/h5,13,18H,6-7H2,1-4H3. The molecule has 0 saturated heterocycles. The number of nitrogens with one attached hydrogen (secondary N) is 1. The maximum Gasteiger partial charge on any atom is 0.339 e.